The molecule has 2 aromatic carbocycles. The second-order valence-electron chi connectivity index (χ2n) is 8.57. The summed E-state index contributed by atoms with van der Waals surface area (Å²) in [4.78, 5) is 29.4. The Hall–Kier alpha value is -2.93. The van der Waals surface area contributed by atoms with Gasteiger partial charge in [0.05, 0.1) is 6.61 Å². The van der Waals surface area contributed by atoms with E-state index in [0.29, 0.717) is 37.6 Å². The summed E-state index contributed by atoms with van der Waals surface area (Å²) >= 11 is 0. The topological polar surface area (TPSA) is 59.1 Å². The predicted molar refractivity (Wildman–Crippen MR) is 125 cm³/mol. The first-order valence-corrected chi connectivity index (χ1v) is 11.6. The number of esters is 1. The van der Waals surface area contributed by atoms with Crippen molar-refractivity contribution in [3.05, 3.63) is 65.5 Å². The van der Waals surface area contributed by atoms with Gasteiger partial charge in [-0.15, -0.1) is 0 Å². The van der Waals surface area contributed by atoms with Gasteiger partial charge in [-0.1, -0.05) is 37.6 Å². The van der Waals surface area contributed by atoms with E-state index in [-0.39, 0.29) is 30.4 Å². The Bertz CT molecular complexity index is 934. The number of ether oxygens (including phenoxy) is 2. The van der Waals surface area contributed by atoms with Crippen molar-refractivity contribution in [3.8, 4) is 5.75 Å². The van der Waals surface area contributed by atoms with Crippen LogP contribution in [0, 0.1) is 5.82 Å². The highest BCUT2D eigenvalue weighted by atomic mass is 19.1. The average molecular weight is 457 g/mol. The molecule has 3 rings (SSSR count). The van der Waals surface area contributed by atoms with Gasteiger partial charge in [0.2, 0.25) is 0 Å². The molecule has 1 heterocycles. The summed E-state index contributed by atoms with van der Waals surface area (Å²) in [6.45, 7) is 8.34. The third kappa shape index (κ3) is 6.78. The van der Waals surface area contributed by atoms with Crippen LogP contribution in [0.15, 0.2) is 48.5 Å². The van der Waals surface area contributed by atoms with Crippen molar-refractivity contribution < 1.29 is 23.5 Å². The Morgan fingerprint density at radius 1 is 1.03 bits per heavy atom. The molecule has 0 saturated carbocycles. The van der Waals surface area contributed by atoms with Gasteiger partial charge in [-0.05, 0) is 50.1 Å². The largest absolute Gasteiger partial charge is 0.483 e. The van der Waals surface area contributed by atoms with E-state index >= 15 is 0 Å². The van der Waals surface area contributed by atoms with Crippen LogP contribution in [0.3, 0.4) is 0 Å². The van der Waals surface area contributed by atoms with Gasteiger partial charge < -0.3 is 14.4 Å². The molecule has 0 aliphatic carbocycles. The van der Waals surface area contributed by atoms with E-state index in [4.69, 9.17) is 9.47 Å². The second-order valence-corrected chi connectivity index (χ2v) is 8.57. The van der Waals surface area contributed by atoms with Crippen molar-refractivity contribution in [1.82, 2.24) is 9.80 Å². The minimum Gasteiger partial charge on any atom is -0.483 e. The van der Waals surface area contributed by atoms with Crippen molar-refractivity contribution in [2.45, 2.75) is 52.2 Å². The van der Waals surface area contributed by atoms with E-state index in [2.05, 4.69) is 11.8 Å². The molecule has 1 fully saturated rings. The molecule has 0 aromatic heterocycles. The number of amides is 1. The molecular formula is C26H33FN2O4. The first kappa shape index (κ1) is 24.7. The van der Waals surface area contributed by atoms with Crippen LogP contribution in [0.4, 0.5) is 4.39 Å². The van der Waals surface area contributed by atoms with Crippen LogP contribution < -0.4 is 4.74 Å². The van der Waals surface area contributed by atoms with Crippen LogP contribution in [0.5, 0.6) is 5.75 Å². The zero-order valence-corrected chi connectivity index (χ0v) is 19.6. The van der Waals surface area contributed by atoms with Crippen LogP contribution in [-0.4, -0.2) is 60.1 Å². The van der Waals surface area contributed by atoms with Gasteiger partial charge in [0.25, 0.3) is 5.91 Å². The number of carbonyl (C=O) groups is 2. The minimum absolute atomic E-state index is 0.00648. The van der Waals surface area contributed by atoms with Crippen molar-refractivity contribution in [3.63, 3.8) is 0 Å². The molecule has 0 N–H and O–H groups in total. The van der Waals surface area contributed by atoms with Gasteiger partial charge in [-0.25, -0.2) is 9.18 Å². The number of piperazine rings is 1. The normalized spacial score (nSPS) is 18.7. The molecule has 1 amide bonds. The molecule has 1 aliphatic rings. The quantitative estimate of drug-likeness (QED) is 0.416. The van der Waals surface area contributed by atoms with Crippen molar-refractivity contribution in [2.24, 2.45) is 0 Å². The average Bonchev–Trinajstić information content (AvgIpc) is 2.81. The highest BCUT2D eigenvalue weighted by Crippen LogP contribution is 2.21. The lowest BCUT2D eigenvalue weighted by Crippen LogP contribution is -2.58. The Balaban J connectivity index is 1.56. The number of unbranched alkanes of at least 4 members (excludes halogenated alkanes) is 1. The smallest absolute Gasteiger partial charge is 0.341 e. The van der Waals surface area contributed by atoms with Crippen molar-refractivity contribution >= 4 is 11.9 Å². The van der Waals surface area contributed by atoms with Gasteiger partial charge in [0.15, 0.2) is 6.61 Å². The predicted octanol–water partition coefficient (Wildman–Crippen LogP) is 4.28. The summed E-state index contributed by atoms with van der Waals surface area (Å²) in [5.74, 6) is -0.456. The molecule has 33 heavy (non-hydrogen) atoms. The van der Waals surface area contributed by atoms with E-state index in [0.717, 1.165) is 18.4 Å². The fourth-order valence-corrected chi connectivity index (χ4v) is 3.96. The summed E-state index contributed by atoms with van der Waals surface area (Å²) in [6.07, 6.45) is 1.74. The van der Waals surface area contributed by atoms with Crippen LogP contribution in [0.2, 0.25) is 0 Å². The maximum absolute atomic E-state index is 13.2. The van der Waals surface area contributed by atoms with Crippen LogP contribution in [0.1, 0.15) is 49.5 Å². The Morgan fingerprint density at radius 2 is 1.76 bits per heavy atom. The van der Waals surface area contributed by atoms with E-state index < -0.39 is 5.97 Å². The molecule has 2 aromatic rings. The van der Waals surface area contributed by atoms with E-state index in [9.17, 15) is 14.0 Å². The van der Waals surface area contributed by atoms with Crippen LogP contribution in [0.25, 0.3) is 0 Å². The molecule has 178 valence electrons. The molecule has 1 saturated heterocycles. The maximum Gasteiger partial charge on any atom is 0.341 e. The highest BCUT2D eigenvalue weighted by molar-refractivity contribution is 5.92. The molecule has 2 atom stereocenters. The lowest BCUT2D eigenvalue weighted by Gasteiger charge is -2.44. The highest BCUT2D eigenvalue weighted by Gasteiger charge is 2.32. The number of halogens is 1. The molecule has 0 bridgehead atoms. The lowest BCUT2D eigenvalue weighted by atomic mass is 10.1. The number of carbonyl (C=O) groups excluding carboxylic acids is 2. The summed E-state index contributed by atoms with van der Waals surface area (Å²) in [5.41, 5.74) is 1.37. The zero-order valence-electron chi connectivity index (χ0n) is 19.6. The lowest BCUT2D eigenvalue weighted by molar-refractivity contribution is -0.139. The summed E-state index contributed by atoms with van der Waals surface area (Å²) < 4.78 is 24.2. The Labute approximate surface area is 195 Å². The van der Waals surface area contributed by atoms with Gasteiger partial charge >= 0.3 is 5.97 Å². The molecule has 1 aliphatic heterocycles. The van der Waals surface area contributed by atoms with Crippen molar-refractivity contribution in [1.29, 1.82) is 0 Å². The van der Waals surface area contributed by atoms with Gasteiger partial charge in [0, 0.05) is 31.7 Å². The molecule has 0 radical (unpaired) electrons. The fourth-order valence-electron chi connectivity index (χ4n) is 3.96. The third-order valence-electron chi connectivity index (χ3n) is 5.92. The Kier molecular flexibility index (Phi) is 8.83. The molecule has 6 nitrogen and oxygen atoms in total. The Morgan fingerprint density at radius 3 is 2.48 bits per heavy atom. The van der Waals surface area contributed by atoms with Gasteiger partial charge in [-0.2, -0.15) is 0 Å². The minimum atomic E-state index is -0.442. The standard InChI is InChI=1S/C26H33FN2O4/c1-4-5-14-32-26(31)23-8-6-7-9-24(23)33-18-25(30)29-16-19(2)28(15-20(29)3)17-21-10-12-22(27)13-11-21/h6-13,19-20H,4-5,14-18H2,1-3H3/t19-,20+/m1/s1. The van der Waals surface area contributed by atoms with E-state index in [1.807, 2.05) is 18.7 Å². The number of rotatable bonds is 9. The number of benzene rings is 2. The molecule has 0 unspecified atom stereocenters. The van der Waals surface area contributed by atoms with E-state index in [1.54, 1.807) is 36.4 Å². The summed E-state index contributed by atoms with van der Waals surface area (Å²) in [7, 11) is 0. The first-order chi connectivity index (χ1) is 15.9. The first-order valence-electron chi connectivity index (χ1n) is 11.6. The van der Waals surface area contributed by atoms with E-state index in [1.165, 1.54) is 12.1 Å². The monoisotopic (exact) mass is 456 g/mol. The van der Waals surface area contributed by atoms with Gasteiger partial charge in [-0.3, -0.25) is 9.69 Å². The van der Waals surface area contributed by atoms with Gasteiger partial charge in [0.1, 0.15) is 17.1 Å². The van der Waals surface area contributed by atoms with Crippen LogP contribution in [-0.2, 0) is 16.1 Å². The number of nitrogens with zero attached hydrogens (tertiary/aromatic N) is 2. The number of hydrogen-bond donors (Lipinski definition) is 0. The molecule has 0 spiro atoms. The third-order valence-corrected chi connectivity index (χ3v) is 5.92. The maximum atomic E-state index is 13.2. The van der Waals surface area contributed by atoms with Crippen molar-refractivity contribution in [2.75, 3.05) is 26.3 Å². The molecule has 7 heteroatoms. The SMILES string of the molecule is CCCCOC(=O)c1ccccc1OCC(=O)N1C[C@@H](C)N(Cc2ccc(F)cc2)C[C@@H]1C. The zero-order chi connectivity index (χ0) is 23.8. The summed E-state index contributed by atoms with van der Waals surface area (Å²) in [5, 5.41) is 0. The number of para-hydroxylation sites is 1. The number of hydrogen-bond acceptors (Lipinski definition) is 5. The summed E-state index contributed by atoms with van der Waals surface area (Å²) in [6, 6.07) is 13.5. The molecular weight excluding hydrogens is 423 g/mol. The van der Waals surface area contributed by atoms with Crippen LogP contribution >= 0.6 is 0 Å². The second kappa shape index (κ2) is 11.8. The fraction of sp³-hybridized carbons (Fsp3) is 0.462.